The second-order valence-corrected chi connectivity index (χ2v) is 12.1. The summed E-state index contributed by atoms with van der Waals surface area (Å²) in [5, 5.41) is 0. The Kier molecular flexibility index (Phi) is 13.3. The summed E-state index contributed by atoms with van der Waals surface area (Å²) >= 11 is 0. The summed E-state index contributed by atoms with van der Waals surface area (Å²) in [6, 6.07) is 6.17. The van der Waals surface area contributed by atoms with Crippen LogP contribution in [-0.4, -0.2) is 71.6 Å². The quantitative estimate of drug-likeness (QED) is 0.104. The van der Waals surface area contributed by atoms with Crippen LogP contribution in [0.4, 0.5) is 114 Å². The number of aryl methyl sites for hydroxylation is 4. The molecule has 0 atom stereocenters. The highest BCUT2D eigenvalue weighted by atomic mass is 19.4. The zero-order valence-corrected chi connectivity index (χ0v) is 27.3. The lowest BCUT2D eigenvalue weighted by molar-refractivity contribution is -0.708. The fourth-order valence-electron chi connectivity index (χ4n) is 4.80. The molecule has 0 saturated carbocycles. The average molecular weight is 892 g/mol. The molecule has 0 saturated heterocycles. The van der Waals surface area contributed by atoms with Crippen LogP contribution in [0.3, 0.4) is 0 Å². The molecular weight excluding hydrogens is 870 g/mol. The van der Waals surface area contributed by atoms with Gasteiger partial charge in [0.1, 0.15) is 0 Å². The summed E-state index contributed by atoms with van der Waals surface area (Å²) in [7, 11) is 0. The molecule has 0 bridgehead atoms. The van der Waals surface area contributed by atoms with Crippen molar-refractivity contribution in [3.8, 4) is 0 Å². The molecule has 0 aliphatic carbocycles. The molecule has 0 aliphatic rings. The van der Waals surface area contributed by atoms with Crippen LogP contribution >= 0.6 is 0 Å². The number of pyridine rings is 2. The number of aromatic nitrogens is 2. The lowest BCUT2D eigenvalue weighted by Crippen LogP contribution is -2.70. The topological polar surface area (TPSA) is 7.76 Å². The maximum Gasteiger partial charge on any atom is 0.460 e. The Morgan fingerprint density at radius 1 is 0.333 bits per heavy atom. The van der Waals surface area contributed by atoms with Gasteiger partial charge in [-0.2, -0.15) is 114 Å². The van der Waals surface area contributed by atoms with Crippen LogP contribution in [0, 0.1) is 0 Å². The molecular formula is C29H22F26N2+2. The molecule has 57 heavy (non-hydrogen) atoms. The first kappa shape index (κ1) is 49.6. The van der Waals surface area contributed by atoms with E-state index in [1.165, 1.54) is 0 Å². The Morgan fingerprint density at radius 3 is 0.860 bits per heavy atom. The van der Waals surface area contributed by atoms with E-state index in [0.29, 0.717) is 9.13 Å². The van der Waals surface area contributed by atoms with Gasteiger partial charge in [-0.05, 0) is 6.42 Å². The minimum Gasteiger partial charge on any atom is -0.202 e. The molecule has 28 heteroatoms. The molecule has 328 valence electrons. The molecule has 2 heterocycles. The Bertz CT molecular complexity index is 1550. The molecule has 0 N–H and O–H groups in total. The second kappa shape index (κ2) is 15.3. The minimum atomic E-state index is -8.12. The summed E-state index contributed by atoms with van der Waals surface area (Å²) < 4.78 is 351. The number of alkyl halides is 26. The first-order valence-corrected chi connectivity index (χ1v) is 15.0. The first-order valence-electron chi connectivity index (χ1n) is 15.0. The van der Waals surface area contributed by atoms with Crippen LogP contribution < -0.4 is 9.13 Å². The third kappa shape index (κ3) is 8.36. The highest BCUT2D eigenvalue weighted by molar-refractivity contribution is 5.11. The van der Waals surface area contributed by atoms with Crippen molar-refractivity contribution in [2.24, 2.45) is 0 Å². The number of nitrogens with zero attached hydrogens (tertiary/aromatic N) is 2. The van der Waals surface area contributed by atoms with Crippen molar-refractivity contribution in [1.82, 2.24) is 0 Å². The van der Waals surface area contributed by atoms with Crippen LogP contribution in [0.1, 0.15) is 30.7 Å². The van der Waals surface area contributed by atoms with Crippen LogP contribution in [0.25, 0.3) is 0 Å². The van der Waals surface area contributed by atoms with E-state index in [1.54, 1.807) is 0 Å². The van der Waals surface area contributed by atoms with E-state index in [0.717, 1.165) is 48.8 Å². The molecule has 0 aromatic carbocycles. The Morgan fingerprint density at radius 2 is 0.596 bits per heavy atom. The van der Waals surface area contributed by atoms with E-state index in [2.05, 4.69) is 0 Å². The molecule has 0 unspecified atom stereocenters. The Hall–Kier alpha value is -3.52. The molecule has 2 rings (SSSR count). The highest BCUT2D eigenvalue weighted by Crippen LogP contribution is 2.62. The van der Waals surface area contributed by atoms with Crippen molar-refractivity contribution in [2.45, 2.75) is 117 Å². The van der Waals surface area contributed by atoms with Gasteiger partial charge in [0.05, 0.1) is 12.8 Å². The van der Waals surface area contributed by atoms with E-state index in [9.17, 15) is 114 Å². The van der Waals surface area contributed by atoms with Gasteiger partial charge in [0, 0.05) is 37.1 Å². The van der Waals surface area contributed by atoms with Crippen molar-refractivity contribution in [2.75, 3.05) is 0 Å². The van der Waals surface area contributed by atoms with E-state index in [4.69, 9.17) is 0 Å². The number of hydrogen-bond donors (Lipinski definition) is 0. The third-order valence-corrected chi connectivity index (χ3v) is 8.27. The van der Waals surface area contributed by atoms with Crippen molar-refractivity contribution in [1.29, 1.82) is 0 Å². The Balaban J connectivity index is 2.25. The second-order valence-electron chi connectivity index (χ2n) is 12.1. The number of hydrogen-bond acceptors (Lipinski definition) is 0. The predicted octanol–water partition coefficient (Wildman–Crippen LogP) is 10.7. The maximum absolute atomic E-state index is 14.3. The van der Waals surface area contributed by atoms with Gasteiger partial charge < -0.3 is 0 Å². The lowest BCUT2D eigenvalue weighted by Gasteiger charge is -2.39. The van der Waals surface area contributed by atoms with E-state index >= 15 is 0 Å². The van der Waals surface area contributed by atoms with Crippen LogP contribution in [0.5, 0.6) is 0 Å². The summed E-state index contributed by atoms with van der Waals surface area (Å²) in [5.74, 6) is -76.1. The van der Waals surface area contributed by atoms with E-state index in [-0.39, 0.29) is 17.8 Å². The average Bonchev–Trinajstić information content (AvgIpc) is 3.05. The molecule has 0 radical (unpaired) electrons. The third-order valence-electron chi connectivity index (χ3n) is 8.27. The summed E-state index contributed by atoms with van der Waals surface area (Å²) in [6.07, 6.45) is -20.2. The molecule has 0 aliphatic heterocycles. The predicted molar refractivity (Wildman–Crippen MR) is 136 cm³/mol. The zero-order valence-electron chi connectivity index (χ0n) is 27.3. The van der Waals surface area contributed by atoms with Crippen molar-refractivity contribution >= 4 is 0 Å². The molecule has 0 amide bonds. The van der Waals surface area contributed by atoms with Gasteiger partial charge >= 0.3 is 71.6 Å². The fourth-order valence-corrected chi connectivity index (χ4v) is 4.80. The van der Waals surface area contributed by atoms with Gasteiger partial charge in [-0.1, -0.05) is 12.1 Å². The van der Waals surface area contributed by atoms with Gasteiger partial charge in [0.15, 0.2) is 36.9 Å². The van der Waals surface area contributed by atoms with E-state index < -0.39 is 110 Å². The largest absolute Gasteiger partial charge is 0.460 e. The first-order chi connectivity index (χ1) is 25.1. The molecule has 0 fully saturated rings. The molecule has 2 aromatic heterocycles. The van der Waals surface area contributed by atoms with Gasteiger partial charge in [0.2, 0.25) is 0 Å². The number of rotatable bonds is 18. The smallest absolute Gasteiger partial charge is 0.202 e. The van der Waals surface area contributed by atoms with Crippen molar-refractivity contribution in [3.05, 3.63) is 60.2 Å². The summed E-state index contributed by atoms with van der Waals surface area (Å²) in [6.45, 7) is -3.10. The van der Waals surface area contributed by atoms with Gasteiger partial charge in [-0.15, -0.1) is 0 Å². The highest BCUT2D eigenvalue weighted by Gasteiger charge is 2.92. The fraction of sp³-hybridized carbons (Fsp3) is 0.655. The lowest BCUT2D eigenvalue weighted by atomic mass is 9.92. The maximum atomic E-state index is 14.3. The normalized spacial score (nSPS) is 15.3. The molecule has 0 spiro atoms. The SMILES string of the molecule is FC(F)(F)C(F)(F)C(F)(F)C(F)(F)C(F)(F)C(F)(F)CC[n+]1ccccc1CCCc1cccc[n+]1CCC(F)(F)C(F)(F)C(F)(F)C(F)(F)C(F)(F)C(F)(F)F. The summed E-state index contributed by atoms with van der Waals surface area (Å²) in [4.78, 5) is 0. The van der Waals surface area contributed by atoms with Gasteiger partial charge in [-0.3, -0.25) is 0 Å². The molecule has 2 aromatic rings. The van der Waals surface area contributed by atoms with Crippen molar-refractivity contribution in [3.63, 3.8) is 0 Å². The van der Waals surface area contributed by atoms with Crippen LogP contribution in [0.2, 0.25) is 0 Å². The zero-order chi connectivity index (χ0) is 44.9. The standard InChI is InChI=1S/C29H22F26N2/c30-18(31,20(34,35)22(38,39)24(42,43)26(46,47)28(50,51)52)10-14-56-12-3-1-6-16(56)8-5-9-17-7-2-4-13-57(17)15-11-19(32,33)21(36,37)23(40,41)25(44,45)27(48,49)29(53,54)55/h1-4,6-7,12-13H,5,8-11,14-15H2/q+2. The Labute approximate surface area is 301 Å². The summed E-state index contributed by atoms with van der Waals surface area (Å²) in [5.41, 5.74) is -0.491. The van der Waals surface area contributed by atoms with Crippen LogP contribution in [-0.2, 0) is 25.9 Å². The number of halogens is 26. The minimum absolute atomic E-state index is 0.246. The van der Waals surface area contributed by atoms with Gasteiger partial charge in [0.25, 0.3) is 0 Å². The van der Waals surface area contributed by atoms with Crippen LogP contribution in [0.15, 0.2) is 48.8 Å². The monoisotopic (exact) mass is 892 g/mol. The van der Waals surface area contributed by atoms with E-state index in [1.807, 2.05) is 0 Å². The van der Waals surface area contributed by atoms with Crippen molar-refractivity contribution < 1.29 is 123 Å². The molecule has 2 nitrogen and oxygen atoms in total. The van der Waals surface area contributed by atoms with Gasteiger partial charge in [-0.25, -0.2) is 9.13 Å².